The minimum Gasteiger partial charge on any atom is -0.398 e. The van der Waals surface area contributed by atoms with Gasteiger partial charge in [0, 0.05) is 11.1 Å². The molecular formula is C25H28O5Si. The average molecular weight is 437 g/mol. The second-order valence-electron chi connectivity index (χ2n) is 9.41. The SMILES string of the molecule is CC(C)(C)[Si](O[C@H]1C2=C(C=O)CO[C@@H]2[C@@H]2OC[C@H]1O2)(c1ccccc1)c1ccccc1. The molecule has 2 aromatic carbocycles. The molecule has 0 aromatic heterocycles. The molecule has 5 nitrogen and oxygen atoms in total. The monoisotopic (exact) mass is 436 g/mol. The summed E-state index contributed by atoms with van der Waals surface area (Å²) < 4.78 is 25.3. The van der Waals surface area contributed by atoms with E-state index in [1.807, 2.05) is 12.1 Å². The highest BCUT2D eigenvalue weighted by Gasteiger charge is 2.58. The highest BCUT2D eigenvalue weighted by Crippen LogP contribution is 2.44. The van der Waals surface area contributed by atoms with E-state index in [4.69, 9.17) is 18.6 Å². The first-order chi connectivity index (χ1) is 15.0. The second-order valence-corrected chi connectivity index (χ2v) is 13.7. The molecular weight excluding hydrogens is 408 g/mol. The lowest BCUT2D eigenvalue weighted by molar-refractivity contribution is -0.158. The first kappa shape index (κ1) is 20.8. The van der Waals surface area contributed by atoms with Crippen LogP contribution >= 0.6 is 0 Å². The fraction of sp³-hybridized carbons (Fsp3) is 0.400. The minimum absolute atomic E-state index is 0.178. The third kappa shape index (κ3) is 3.25. The standard InChI is InChI=1S/C25H28O5Si/c1-25(2,3)31(18-10-6-4-7-11-18,19-12-8-5-9-13-19)30-22-20-16-28-24(29-20)23-21(22)17(14-26)15-27-23/h4-14,20,22-24H,15-16H2,1-3H3/t20-,22-,23+,24-/m1/s1. The van der Waals surface area contributed by atoms with E-state index in [2.05, 4.69) is 69.3 Å². The van der Waals surface area contributed by atoms with Crippen molar-refractivity contribution in [2.45, 2.75) is 50.4 Å². The van der Waals surface area contributed by atoms with Crippen LogP contribution in [0.5, 0.6) is 0 Å². The van der Waals surface area contributed by atoms with Gasteiger partial charge in [0.1, 0.15) is 18.5 Å². The largest absolute Gasteiger partial charge is 0.398 e. The molecule has 0 aliphatic carbocycles. The normalized spacial score (nSPS) is 28.0. The second kappa shape index (κ2) is 7.80. The third-order valence-electron chi connectivity index (χ3n) is 6.58. The van der Waals surface area contributed by atoms with Crippen LogP contribution in [0, 0.1) is 0 Å². The number of ether oxygens (including phenoxy) is 3. The molecule has 0 unspecified atom stereocenters. The van der Waals surface area contributed by atoms with Crippen LogP contribution in [0.25, 0.3) is 0 Å². The van der Waals surface area contributed by atoms with Crippen LogP contribution in [0.1, 0.15) is 20.8 Å². The molecule has 0 spiro atoms. The van der Waals surface area contributed by atoms with Crippen molar-refractivity contribution in [2.75, 3.05) is 13.2 Å². The Balaban J connectivity index is 1.70. The number of benzene rings is 2. The van der Waals surface area contributed by atoms with E-state index in [0.717, 1.165) is 11.9 Å². The van der Waals surface area contributed by atoms with E-state index in [1.165, 1.54) is 10.4 Å². The van der Waals surface area contributed by atoms with Gasteiger partial charge in [-0.15, -0.1) is 0 Å². The summed E-state index contributed by atoms with van der Waals surface area (Å²) >= 11 is 0. The zero-order valence-electron chi connectivity index (χ0n) is 18.1. The molecule has 4 atom stereocenters. The highest BCUT2D eigenvalue weighted by atomic mass is 28.4. The summed E-state index contributed by atoms with van der Waals surface area (Å²) in [6.07, 6.45) is -0.590. The van der Waals surface area contributed by atoms with Crippen LogP contribution in [0.4, 0.5) is 0 Å². The van der Waals surface area contributed by atoms with Gasteiger partial charge in [0.05, 0.1) is 19.3 Å². The average Bonchev–Trinajstić information content (AvgIpc) is 3.40. The van der Waals surface area contributed by atoms with Crippen molar-refractivity contribution in [1.29, 1.82) is 0 Å². The molecule has 2 fully saturated rings. The van der Waals surface area contributed by atoms with Crippen LogP contribution < -0.4 is 10.4 Å². The molecule has 0 radical (unpaired) electrons. The molecule has 162 valence electrons. The molecule has 0 saturated carbocycles. The number of fused-ring (bicyclic) bond motifs is 4. The Morgan fingerprint density at radius 2 is 1.58 bits per heavy atom. The van der Waals surface area contributed by atoms with Gasteiger partial charge in [-0.2, -0.15) is 0 Å². The Bertz CT molecular complexity index is 942. The lowest BCUT2D eigenvalue weighted by atomic mass is 9.95. The number of carbonyl (C=O) groups excluding carboxylic acids is 1. The van der Waals surface area contributed by atoms with Crippen LogP contribution in [-0.2, 0) is 23.4 Å². The van der Waals surface area contributed by atoms with Gasteiger partial charge in [-0.25, -0.2) is 0 Å². The zero-order valence-corrected chi connectivity index (χ0v) is 19.1. The first-order valence-corrected chi connectivity index (χ1v) is 12.7. The summed E-state index contributed by atoms with van der Waals surface area (Å²) in [4.78, 5) is 11.9. The Kier molecular flexibility index (Phi) is 5.23. The lowest BCUT2D eigenvalue weighted by Gasteiger charge is -2.47. The molecule has 0 amide bonds. The van der Waals surface area contributed by atoms with Gasteiger partial charge in [-0.3, -0.25) is 4.79 Å². The van der Waals surface area contributed by atoms with Crippen molar-refractivity contribution >= 4 is 25.0 Å². The lowest BCUT2D eigenvalue weighted by Crippen LogP contribution is -2.69. The van der Waals surface area contributed by atoms with E-state index in [0.29, 0.717) is 12.2 Å². The van der Waals surface area contributed by atoms with E-state index in [1.54, 1.807) is 0 Å². The predicted octanol–water partition coefficient (Wildman–Crippen LogP) is 2.58. The predicted molar refractivity (Wildman–Crippen MR) is 120 cm³/mol. The van der Waals surface area contributed by atoms with Crippen LogP contribution in [-0.4, -0.2) is 52.4 Å². The molecule has 3 aliphatic rings. The Hall–Kier alpha value is -2.09. The summed E-state index contributed by atoms with van der Waals surface area (Å²) in [6, 6.07) is 21.0. The number of aldehydes is 1. The van der Waals surface area contributed by atoms with Crippen LogP contribution in [0.2, 0.25) is 5.04 Å². The molecule has 3 aliphatic heterocycles. The van der Waals surface area contributed by atoms with E-state index in [9.17, 15) is 4.79 Å². The van der Waals surface area contributed by atoms with Crippen molar-refractivity contribution < 1.29 is 23.4 Å². The van der Waals surface area contributed by atoms with E-state index >= 15 is 0 Å². The summed E-state index contributed by atoms with van der Waals surface area (Å²) in [5.74, 6) is 0. The Morgan fingerprint density at radius 3 is 2.13 bits per heavy atom. The fourth-order valence-corrected chi connectivity index (χ4v) is 9.86. The Labute approximate surface area is 184 Å². The van der Waals surface area contributed by atoms with Gasteiger partial charge in [0.25, 0.3) is 8.32 Å². The van der Waals surface area contributed by atoms with Gasteiger partial charge in [-0.05, 0) is 15.4 Å². The summed E-state index contributed by atoms with van der Waals surface area (Å²) in [7, 11) is -2.82. The van der Waals surface area contributed by atoms with E-state index < -0.39 is 20.7 Å². The molecule has 2 saturated heterocycles. The number of carbonyl (C=O) groups is 1. The Morgan fingerprint density at radius 1 is 0.968 bits per heavy atom. The van der Waals surface area contributed by atoms with Gasteiger partial charge in [0.2, 0.25) is 0 Å². The quantitative estimate of drug-likeness (QED) is 0.533. The number of rotatable bonds is 5. The molecule has 5 rings (SSSR count). The van der Waals surface area contributed by atoms with Crippen molar-refractivity contribution in [3.63, 3.8) is 0 Å². The first-order valence-electron chi connectivity index (χ1n) is 10.8. The van der Waals surface area contributed by atoms with Crippen molar-refractivity contribution in [3.8, 4) is 0 Å². The van der Waals surface area contributed by atoms with Crippen molar-refractivity contribution in [3.05, 3.63) is 71.8 Å². The van der Waals surface area contributed by atoms with Crippen molar-refractivity contribution in [2.24, 2.45) is 0 Å². The number of hydrogen-bond acceptors (Lipinski definition) is 5. The van der Waals surface area contributed by atoms with Gasteiger partial charge >= 0.3 is 0 Å². The van der Waals surface area contributed by atoms with E-state index in [-0.39, 0.29) is 23.9 Å². The molecule has 2 bridgehead atoms. The number of hydrogen-bond donors (Lipinski definition) is 0. The molecule has 31 heavy (non-hydrogen) atoms. The van der Waals surface area contributed by atoms with Crippen LogP contribution in [0.3, 0.4) is 0 Å². The summed E-state index contributed by atoms with van der Waals surface area (Å²) in [6.45, 7) is 7.45. The van der Waals surface area contributed by atoms with Gasteiger partial charge in [0.15, 0.2) is 6.29 Å². The minimum atomic E-state index is -2.82. The van der Waals surface area contributed by atoms with Crippen LogP contribution in [0.15, 0.2) is 71.8 Å². The molecule has 0 N–H and O–H groups in total. The summed E-state index contributed by atoms with van der Waals surface area (Å²) in [5, 5.41) is 2.21. The maximum Gasteiger partial charge on any atom is 0.262 e. The molecule has 3 heterocycles. The molecule has 6 heteroatoms. The van der Waals surface area contributed by atoms with Crippen molar-refractivity contribution in [1.82, 2.24) is 0 Å². The third-order valence-corrected chi connectivity index (χ3v) is 11.6. The summed E-state index contributed by atoms with van der Waals surface area (Å²) in [5.41, 5.74) is 1.57. The maximum absolute atomic E-state index is 11.9. The topological polar surface area (TPSA) is 54.0 Å². The smallest absolute Gasteiger partial charge is 0.262 e. The van der Waals surface area contributed by atoms with Gasteiger partial charge in [-0.1, -0.05) is 81.4 Å². The highest BCUT2D eigenvalue weighted by molar-refractivity contribution is 6.99. The fourth-order valence-electron chi connectivity index (χ4n) is 5.19. The van der Waals surface area contributed by atoms with Gasteiger partial charge < -0.3 is 18.6 Å². The zero-order chi connectivity index (χ0) is 21.6. The molecule has 2 aromatic rings. The maximum atomic E-state index is 11.9.